The number of nitrogens with zero attached hydrogens (tertiary/aromatic N) is 2. The van der Waals surface area contributed by atoms with Crippen LogP contribution in [0.2, 0.25) is 20.1 Å². The van der Waals surface area contributed by atoms with Crippen LogP contribution in [0.25, 0.3) is 0 Å². The summed E-state index contributed by atoms with van der Waals surface area (Å²) in [5, 5.41) is 1.44. The van der Waals surface area contributed by atoms with E-state index in [1.807, 2.05) is 0 Å². The van der Waals surface area contributed by atoms with Gasteiger partial charge < -0.3 is 0 Å². The van der Waals surface area contributed by atoms with Crippen LogP contribution in [0.15, 0.2) is 52.2 Å². The van der Waals surface area contributed by atoms with Gasteiger partial charge in [-0.15, -0.1) is 0 Å². The van der Waals surface area contributed by atoms with Gasteiger partial charge in [-0.1, -0.05) is 58.5 Å². The van der Waals surface area contributed by atoms with Gasteiger partial charge in [0.05, 0.1) is 19.3 Å². The molecule has 0 saturated heterocycles. The Morgan fingerprint density at radius 3 is 1.85 bits per heavy atom. The van der Waals surface area contributed by atoms with Crippen LogP contribution in [0.1, 0.15) is 11.1 Å². The lowest BCUT2D eigenvalue weighted by Gasteiger charge is -2.12. The summed E-state index contributed by atoms with van der Waals surface area (Å²) in [5.41, 5.74) is -0.720. The lowest BCUT2D eigenvalue weighted by Crippen LogP contribution is -2.41. The van der Waals surface area contributed by atoms with E-state index in [2.05, 4.69) is 0 Å². The predicted octanol–water partition coefficient (Wildman–Crippen LogP) is 4.86. The maximum atomic E-state index is 14.2. The molecule has 27 heavy (non-hydrogen) atoms. The smallest absolute Gasteiger partial charge is 0.293 e. The van der Waals surface area contributed by atoms with Gasteiger partial charge in [0, 0.05) is 20.1 Å². The van der Waals surface area contributed by atoms with Crippen LogP contribution in [-0.2, 0) is 13.1 Å². The standard InChI is InChI=1S/C18H11Cl4FN2O2/c19-12-3-1-10(14(21)5-12)7-24-9-16(23)17(26)25(18(24)27)8-11-2-4-13(20)6-15(11)22/h1-6,9H,7-8H2. The van der Waals surface area contributed by atoms with E-state index in [4.69, 9.17) is 46.4 Å². The Bertz CT molecular complexity index is 1140. The Kier molecular flexibility index (Phi) is 5.96. The van der Waals surface area contributed by atoms with Gasteiger partial charge in [0.15, 0.2) is 0 Å². The van der Waals surface area contributed by atoms with Crippen LogP contribution in [0.3, 0.4) is 0 Å². The number of rotatable bonds is 4. The van der Waals surface area contributed by atoms with Crippen molar-refractivity contribution in [1.29, 1.82) is 0 Å². The van der Waals surface area contributed by atoms with Crippen molar-refractivity contribution in [2.24, 2.45) is 0 Å². The summed E-state index contributed by atoms with van der Waals surface area (Å²) in [4.78, 5) is 24.9. The highest BCUT2D eigenvalue weighted by molar-refractivity contribution is 6.35. The van der Waals surface area contributed by atoms with Gasteiger partial charge in [0.25, 0.3) is 5.56 Å². The summed E-state index contributed by atoms with van der Waals surface area (Å²) in [6.07, 6.45) is 0.857. The number of aromatic nitrogens is 2. The highest BCUT2D eigenvalue weighted by Gasteiger charge is 2.14. The molecule has 0 amide bonds. The van der Waals surface area contributed by atoms with Gasteiger partial charge in [-0.3, -0.25) is 13.9 Å². The molecule has 0 fully saturated rings. The summed E-state index contributed by atoms with van der Waals surface area (Å²) in [6.45, 7) is -0.222. The molecule has 1 aromatic heterocycles. The first kappa shape index (κ1) is 20.0. The molecule has 0 bridgehead atoms. The molecule has 3 aromatic rings. The van der Waals surface area contributed by atoms with Crippen LogP contribution in [-0.4, -0.2) is 9.13 Å². The monoisotopic (exact) mass is 446 g/mol. The van der Waals surface area contributed by atoms with E-state index in [0.29, 0.717) is 26.2 Å². The van der Waals surface area contributed by atoms with Crippen molar-refractivity contribution in [2.75, 3.05) is 0 Å². The van der Waals surface area contributed by atoms with Crippen LogP contribution < -0.4 is 11.2 Å². The normalized spacial score (nSPS) is 11.0. The van der Waals surface area contributed by atoms with Crippen molar-refractivity contribution in [3.63, 3.8) is 0 Å². The molecule has 0 atom stereocenters. The summed E-state index contributed by atoms with van der Waals surface area (Å²) < 4.78 is 16.0. The van der Waals surface area contributed by atoms with Gasteiger partial charge in [-0.2, -0.15) is 4.39 Å². The number of benzene rings is 2. The van der Waals surface area contributed by atoms with Crippen LogP contribution in [0, 0.1) is 5.82 Å². The first-order chi connectivity index (χ1) is 12.8. The average Bonchev–Trinajstić information content (AvgIpc) is 2.60. The first-order valence-electron chi connectivity index (χ1n) is 7.64. The van der Waals surface area contributed by atoms with Crippen LogP contribution in [0.4, 0.5) is 4.39 Å². The van der Waals surface area contributed by atoms with Crippen molar-refractivity contribution >= 4 is 46.4 Å². The Labute approximate surface area is 173 Å². The molecule has 4 nitrogen and oxygen atoms in total. The minimum atomic E-state index is -1.07. The summed E-state index contributed by atoms with van der Waals surface area (Å²) in [7, 11) is 0. The number of hydrogen-bond acceptors (Lipinski definition) is 2. The molecular weight excluding hydrogens is 437 g/mol. The molecule has 2 aromatic carbocycles. The fourth-order valence-electron chi connectivity index (χ4n) is 2.52. The fourth-order valence-corrected chi connectivity index (χ4v) is 3.46. The third-order valence-corrected chi connectivity index (χ3v) is 5.07. The minimum Gasteiger partial charge on any atom is -0.293 e. The van der Waals surface area contributed by atoms with E-state index in [1.165, 1.54) is 12.1 Å². The van der Waals surface area contributed by atoms with E-state index < -0.39 is 17.1 Å². The van der Waals surface area contributed by atoms with Gasteiger partial charge in [-0.05, 0) is 35.4 Å². The Morgan fingerprint density at radius 2 is 1.33 bits per heavy atom. The Morgan fingerprint density at radius 1 is 0.815 bits per heavy atom. The lowest BCUT2D eigenvalue weighted by atomic mass is 10.2. The summed E-state index contributed by atoms with van der Waals surface area (Å²) >= 11 is 23.9. The van der Waals surface area contributed by atoms with Gasteiger partial charge >= 0.3 is 5.69 Å². The third kappa shape index (κ3) is 4.38. The van der Waals surface area contributed by atoms with Gasteiger partial charge in [0.2, 0.25) is 5.82 Å². The molecule has 0 aliphatic carbocycles. The molecule has 0 N–H and O–H groups in total. The number of hydrogen-bond donors (Lipinski definition) is 0. The Balaban J connectivity index is 2.05. The van der Waals surface area contributed by atoms with Crippen LogP contribution in [0.5, 0.6) is 0 Å². The molecule has 0 unspecified atom stereocenters. The topological polar surface area (TPSA) is 44.0 Å². The number of halogens is 5. The van der Waals surface area contributed by atoms with Gasteiger partial charge in [0.1, 0.15) is 0 Å². The highest BCUT2D eigenvalue weighted by atomic mass is 35.5. The molecular formula is C18H11Cl4FN2O2. The SMILES string of the molecule is O=c1c(F)cn(Cc2ccc(Cl)cc2Cl)c(=O)n1Cc1ccc(Cl)cc1Cl. The van der Waals surface area contributed by atoms with Crippen molar-refractivity contribution in [1.82, 2.24) is 9.13 Å². The zero-order chi connectivity index (χ0) is 19.7. The molecule has 0 aliphatic rings. The molecule has 1 heterocycles. The minimum absolute atomic E-state index is 0.0274. The summed E-state index contributed by atoms with van der Waals surface area (Å²) in [6, 6.07) is 9.37. The quantitative estimate of drug-likeness (QED) is 0.573. The van der Waals surface area contributed by atoms with Crippen molar-refractivity contribution < 1.29 is 4.39 Å². The molecule has 0 spiro atoms. The van der Waals surface area contributed by atoms with Crippen molar-refractivity contribution in [3.8, 4) is 0 Å². The zero-order valence-electron chi connectivity index (χ0n) is 13.6. The molecule has 0 radical (unpaired) electrons. The van der Waals surface area contributed by atoms with E-state index in [1.54, 1.807) is 24.3 Å². The van der Waals surface area contributed by atoms with Crippen molar-refractivity contribution in [3.05, 3.63) is 100 Å². The maximum absolute atomic E-state index is 14.2. The predicted molar refractivity (Wildman–Crippen MR) is 106 cm³/mol. The second-order valence-corrected chi connectivity index (χ2v) is 7.44. The fraction of sp³-hybridized carbons (Fsp3) is 0.111. The van der Waals surface area contributed by atoms with Gasteiger partial charge in [-0.25, -0.2) is 4.79 Å². The molecule has 9 heteroatoms. The summed E-state index contributed by atoms with van der Waals surface area (Å²) in [5.74, 6) is -1.07. The molecule has 140 valence electrons. The third-order valence-electron chi connectivity index (χ3n) is 3.89. The molecule has 0 aliphatic heterocycles. The molecule has 3 rings (SSSR count). The van der Waals surface area contributed by atoms with E-state index in [9.17, 15) is 14.0 Å². The largest absolute Gasteiger partial charge is 0.331 e. The van der Waals surface area contributed by atoms with Crippen molar-refractivity contribution in [2.45, 2.75) is 13.1 Å². The highest BCUT2D eigenvalue weighted by Crippen LogP contribution is 2.22. The first-order valence-corrected chi connectivity index (χ1v) is 9.15. The average molecular weight is 448 g/mol. The van der Waals surface area contributed by atoms with E-state index in [-0.39, 0.29) is 18.1 Å². The van der Waals surface area contributed by atoms with E-state index in [0.717, 1.165) is 15.3 Å². The Hall–Kier alpha value is -1.79. The zero-order valence-corrected chi connectivity index (χ0v) is 16.6. The van der Waals surface area contributed by atoms with E-state index >= 15 is 0 Å². The second-order valence-electron chi connectivity index (χ2n) is 5.75. The molecule has 0 saturated carbocycles. The lowest BCUT2D eigenvalue weighted by molar-refractivity contribution is 0.518. The maximum Gasteiger partial charge on any atom is 0.331 e. The second kappa shape index (κ2) is 8.07. The van der Waals surface area contributed by atoms with Crippen LogP contribution >= 0.6 is 46.4 Å².